The van der Waals surface area contributed by atoms with Crippen LogP contribution in [0.3, 0.4) is 0 Å². The summed E-state index contributed by atoms with van der Waals surface area (Å²) in [5, 5.41) is 11.7. The summed E-state index contributed by atoms with van der Waals surface area (Å²) in [5.41, 5.74) is -2.42. The fraction of sp³-hybridized carbons (Fsp3) is 0.312. The monoisotopic (exact) mass is 337 g/mol. The maximum absolute atomic E-state index is 12.3. The second-order valence-corrected chi connectivity index (χ2v) is 5.05. The lowest BCUT2D eigenvalue weighted by molar-refractivity contribution is -0.184. The average Bonchev–Trinajstić information content (AvgIpc) is 2.55. The van der Waals surface area contributed by atoms with Crippen molar-refractivity contribution >= 4 is 34.4 Å². The number of aromatic nitrogens is 1. The van der Waals surface area contributed by atoms with Gasteiger partial charge in [0.15, 0.2) is 0 Å². The first-order valence-corrected chi connectivity index (χ1v) is 7.45. The van der Waals surface area contributed by atoms with Gasteiger partial charge in [-0.1, -0.05) is 17.7 Å². The molecule has 0 aliphatic heterocycles. The summed E-state index contributed by atoms with van der Waals surface area (Å²) >= 11 is 6.11. The van der Waals surface area contributed by atoms with E-state index >= 15 is 0 Å². The summed E-state index contributed by atoms with van der Waals surface area (Å²) in [6, 6.07) is 6.17. The molecule has 0 saturated carbocycles. The van der Waals surface area contributed by atoms with Crippen LogP contribution in [0.4, 0.5) is 0 Å². The Morgan fingerprint density at radius 2 is 1.78 bits per heavy atom. The van der Waals surface area contributed by atoms with Gasteiger partial charge in [-0.05, 0) is 32.0 Å². The molecule has 0 radical (unpaired) electrons. The quantitative estimate of drug-likeness (QED) is 0.665. The van der Waals surface area contributed by atoms with Gasteiger partial charge in [0.1, 0.15) is 0 Å². The van der Waals surface area contributed by atoms with E-state index in [2.05, 4.69) is 4.98 Å². The number of fused-ring (bicyclic) bond motifs is 1. The highest BCUT2D eigenvalue weighted by atomic mass is 35.5. The Kier molecular flexibility index (Phi) is 5.18. The van der Waals surface area contributed by atoms with Crippen molar-refractivity contribution in [3.8, 4) is 0 Å². The van der Waals surface area contributed by atoms with Crippen LogP contribution in [0.25, 0.3) is 10.9 Å². The SMILES string of the molecule is CCOC(=O)C(O)(C(=O)OCC)c1ccc(Cl)c2cccnc12. The van der Waals surface area contributed by atoms with E-state index in [1.54, 1.807) is 26.0 Å². The highest BCUT2D eigenvalue weighted by Gasteiger charge is 2.50. The van der Waals surface area contributed by atoms with E-state index in [9.17, 15) is 14.7 Å². The molecule has 0 amide bonds. The molecular weight excluding hydrogens is 322 g/mol. The van der Waals surface area contributed by atoms with Gasteiger partial charge in [-0.15, -0.1) is 0 Å². The number of aliphatic hydroxyl groups is 1. The van der Waals surface area contributed by atoms with Crippen LogP contribution in [0.2, 0.25) is 5.02 Å². The maximum atomic E-state index is 12.3. The molecule has 0 spiro atoms. The zero-order valence-electron chi connectivity index (χ0n) is 12.7. The van der Waals surface area contributed by atoms with Crippen LogP contribution in [0, 0.1) is 0 Å². The van der Waals surface area contributed by atoms with Gasteiger partial charge >= 0.3 is 11.9 Å². The highest BCUT2D eigenvalue weighted by Crippen LogP contribution is 2.33. The number of nitrogens with zero attached hydrogens (tertiary/aromatic N) is 1. The van der Waals surface area contributed by atoms with Crippen molar-refractivity contribution in [1.29, 1.82) is 0 Å². The third kappa shape index (κ3) is 3.00. The molecule has 7 heteroatoms. The summed E-state index contributed by atoms with van der Waals surface area (Å²) in [4.78, 5) is 28.7. The minimum Gasteiger partial charge on any atom is -0.463 e. The largest absolute Gasteiger partial charge is 0.463 e. The molecule has 0 aliphatic rings. The topological polar surface area (TPSA) is 85.7 Å². The molecule has 122 valence electrons. The second-order valence-electron chi connectivity index (χ2n) is 4.65. The van der Waals surface area contributed by atoms with Gasteiger partial charge in [0, 0.05) is 22.2 Å². The molecular formula is C16H16ClNO5. The van der Waals surface area contributed by atoms with Crippen molar-refractivity contribution in [2.24, 2.45) is 0 Å². The van der Waals surface area contributed by atoms with Crippen molar-refractivity contribution in [3.05, 3.63) is 41.0 Å². The lowest BCUT2D eigenvalue weighted by Gasteiger charge is -2.25. The normalized spacial score (nSPS) is 11.3. The lowest BCUT2D eigenvalue weighted by atomic mass is 9.91. The third-order valence-electron chi connectivity index (χ3n) is 3.25. The minimum absolute atomic E-state index is 0.000497. The van der Waals surface area contributed by atoms with Crippen LogP contribution in [-0.2, 0) is 24.7 Å². The van der Waals surface area contributed by atoms with Gasteiger partial charge < -0.3 is 14.6 Å². The van der Waals surface area contributed by atoms with Crippen molar-refractivity contribution in [2.45, 2.75) is 19.4 Å². The standard InChI is InChI=1S/C16H16ClNO5/c1-3-22-14(19)16(21,15(20)23-4-2)11-7-8-12(17)10-6-5-9-18-13(10)11/h5-9,21H,3-4H2,1-2H3. The van der Waals surface area contributed by atoms with E-state index in [0.29, 0.717) is 10.4 Å². The Morgan fingerprint density at radius 1 is 1.17 bits per heavy atom. The van der Waals surface area contributed by atoms with Crippen molar-refractivity contribution < 1.29 is 24.2 Å². The number of pyridine rings is 1. The number of hydrogen-bond acceptors (Lipinski definition) is 6. The number of hydrogen-bond donors (Lipinski definition) is 1. The van der Waals surface area contributed by atoms with Crippen LogP contribution in [0.5, 0.6) is 0 Å². The minimum atomic E-state index is -2.61. The fourth-order valence-electron chi connectivity index (χ4n) is 2.20. The van der Waals surface area contributed by atoms with Crippen LogP contribution in [0.15, 0.2) is 30.5 Å². The number of ether oxygens (including phenoxy) is 2. The smallest absolute Gasteiger partial charge is 0.355 e. The Morgan fingerprint density at radius 3 is 2.35 bits per heavy atom. The molecule has 1 heterocycles. The summed E-state index contributed by atoms with van der Waals surface area (Å²) in [7, 11) is 0. The predicted molar refractivity (Wildman–Crippen MR) is 83.9 cm³/mol. The van der Waals surface area contributed by atoms with Crippen LogP contribution < -0.4 is 0 Å². The number of rotatable bonds is 5. The first kappa shape index (κ1) is 17.2. The Hall–Kier alpha value is -2.18. The third-order valence-corrected chi connectivity index (χ3v) is 3.58. The van der Waals surface area contributed by atoms with Crippen molar-refractivity contribution in [3.63, 3.8) is 0 Å². The second kappa shape index (κ2) is 6.93. The molecule has 0 saturated heterocycles. The lowest BCUT2D eigenvalue weighted by Crippen LogP contribution is -2.46. The van der Waals surface area contributed by atoms with E-state index in [4.69, 9.17) is 21.1 Å². The Labute approximate surface area is 138 Å². The number of esters is 2. The first-order valence-electron chi connectivity index (χ1n) is 7.07. The molecule has 0 aliphatic carbocycles. The summed E-state index contributed by atoms with van der Waals surface area (Å²) < 4.78 is 9.72. The van der Waals surface area contributed by atoms with Crippen LogP contribution in [0.1, 0.15) is 19.4 Å². The summed E-state index contributed by atoms with van der Waals surface area (Å²) in [5.74, 6) is -2.24. The average molecular weight is 338 g/mol. The molecule has 2 aromatic rings. The van der Waals surface area contributed by atoms with Gasteiger partial charge in [-0.3, -0.25) is 4.98 Å². The molecule has 1 N–H and O–H groups in total. The number of benzene rings is 1. The van der Waals surface area contributed by atoms with Gasteiger partial charge in [0.25, 0.3) is 5.60 Å². The molecule has 0 atom stereocenters. The highest BCUT2D eigenvalue weighted by molar-refractivity contribution is 6.35. The van der Waals surface area contributed by atoms with Gasteiger partial charge in [-0.25, -0.2) is 9.59 Å². The number of halogens is 1. The molecule has 6 nitrogen and oxygen atoms in total. The van der Waals surface area contributed by atoms with E-state index in [-0.39, 0.29) is 24.3 Å². The fourth-order valence-corrected chi connectivity index (χ4v) is 2.42. The van der Waals surface area contributed by atoms with E-state index in [0.717, 1.165) is 0 Å². The van der Waals surface area contributed by atoms with Crippen LogP contribution >= 0.6 is 11.6 Å². The molecule has 0 unspecified atom stereocenters. The number of carbonyl (C=O) groups is 2. The van der Waals surface area contributed by atoms with Gasteiger partial charge in [0.05, 0.1) is 18.7 Å². The van der Waals surface area contributed by atoms with Crippen LogP contribution in [-0.4, -0.2) is 35.2 Å². The van der Waals surface area contributed by atoms with Crippen molar-refractivity contribution in [1.82, 2.24) is 4.98 Å². The molecule has 2 rings (SSSR count). The molecule has 1 aromatic carbocycles. The summed E-state index contributed by atoms with van der Waals surface area (Å²) in [6.07, 6.45) is 1.47. The van der Waals surface area contributed by atoms with E-state index in [1.807, 2.05) is 0 Å². The molecule has 23 heavy (non-hydrogen) atoms. The van der Waals surface area contributed by atoms with E-state index in [1.165, 1.54) is 18.3 Å². The molecule has 1 aromatic heterocycles. The van der Waals surface area contributed by atoms with E-state index < -0.39 is 17.5 Å². The Balaban J connectivity index is 2.72. The Bertz CT molecular complexity index is 728. The van der Waals surface area contributed by atoms with Gasteiger partial charge in [-0.2, -0.15) is 0 Å². The maximum Gasteiger partial charge on any atom is 0.355 e. The molecule has 0 fully saturated rings. The van der Waals surface area contributed by atoms with Gasteiger partial charge in [0.2, 0.25) is 0 Å². The summed E-state index contributed by atoms with van der Waals surface area (Å²) in [6.45, 7) is 3.14. The van der Waals surface area contributed by atoms with Crippen molar-refractivity contribution in [2.75, 3.05) is 13.2 Å². The number of carbonyl (C=O) groups excluding carboxylic acids is 2. The molecule has 0 bridgehead atoms. The zero-order chi connectivity index (χ0) is 17.0. The zero-order valence-corrected chi connectivity index (χ0v) is 13.5. The predicted octanol–water partition coefficient (Wildman–Crippen LogP) is 2.20. The first-order chi connectivity index (χ1) is 11.0.